The largest absolute Gasteiger partial charge is 0.507 e. The van der Waals surface area contributed by atoms with Crippen molar-refractivity contribution >= 4 is 17.3 Å². The quantitative estimate of drug-likeness (QED) is 0.699. The van der Waals surface area contributed by atoms with E-state index in [9.17, 15) is 24.6 Å². The molecule has 4 rings (SSSR count). The third-order valence-corrected chi connectivity index (χ3v) is 5.81. The lowest BCUT2D eigenvalue weighted by Gasteiger charge is -2.32. The van der Waals surface area contributed by atoms with E-state index in [1.807, 2.05) is 0 Å². The normalized spacial score (nSPS) is 19.9. The number of carbonyl (C=O) groups excluding carboxylic acids is 3. The summed E-state index contributed by atoms with van der Waals surface area (Å²) in [6, 6.07) is 4.68. The first-order chi connectivity index (χ1) is 13.8. The second kappa shape index (κ2) is 6.70. The first kappa shape index (κ1) is 19.1. The Balaban J connectivity index is 2.05. The van der Waals surface area contributed by atoms with Gasteiger partial charge in [-0.3, -0.25) is 14.4 Å². The maximum Gasteiger partial charge on any atom is 0.202 e. The molecule has 0 fully saturated rings. The molecule has 0 aromatic heterocycles. The predicted molar refractivity (Wildman–Crippen MR) is 102 cm³/mol. The molecular formula is C22H20O7. The summed E-state index contributed by atoms with van der Waals surface area (Å²) >= 11 is 0. The fraction of sp³-hybridized carbons (Fsp3) is 0.318. The van der Waals surface area contributed by atoms with Crippen LogP contribution in [0.4, 0.5) is 0 Å². The van der Waals surface area contributed by atoms with Crippen LogP contribution in [0, 0.1) is 5.92 Å². The number of fused-ring (bicyclic) bond motifs is 3. The molecule has 2 aromatic carbocycles. The molecule has 2 aliphatic rings. The smallest absolute Gasteiger partial charge is 0.202 e. The van der Waals surface area contributed by atoms with Crippen molar-refractivity contribution in [3.63, 3.8) is 0 Å². The summed E-state index contributed by atoms with van der Waals surface area (Å²) in [4.78, 5) is 38.5. The highest BCUT2D eigenvalue weighted by Gasteiger charge is 2.43. The highest BCUT2D eigenvalue weighted by Crippen LogP contribution is 2.50. The molecule has 2 atom stereocenters. The number of rotatable bonds is 3. The van der Waals surface area contributed by atoms with Gasteiger partial charge in [0, 0.05) is 22.6 Å². The van der Waals surface area contributed by atoms with Crippen LogP contribution in [0.5, 0.6) is 17.2 Å². The summed E-state index contributed by atoms with van der Waals surface area (Å²) in [7, 11) is 2.74. The molecule has 7 heteroatoms. The van der Waals surface area contributed by atoms with Crippen molar-refractivity contribution in [3.8, 4) is 17.2 Å². The van der Waals surface area contributed by atoms with Crippen LogP contribution in [0.15, 0.2) is 18.2 Å². The summed E-state index contributed by atoms with van der Waals surface area (Å²) in [6.45, 7) is 1.42. The summed E-state index contributed by atoms with van der Waals surface area (Å²) in [5, 5.41) is 21.7. The van der Waals surface area contributed by atoms with Crippen molar-refractivity contribution in [1.82, 2.24) is 0 Å². The number of Topliss-reactive ketones (excluding diaryl/α,β-unsaturated/α-hetero) is 1. The van der Waals surface area contributed by atoms with E-state index >= 15 is 0 Å². The highest BCUT2D eigenvalue weighted by molar-refractivity contribution is 6.31. The molecule has 2 N–H and O–H groups in total. The number of ketones is 3. The van der Waals surface area contributed by atoms with Crippen LogP contribution < -0.4 is 9.47 Å². The minimum atomic E-state index is -1.10. The number of phenolic OH excluding ortho intramolecular Hbond substituents is 1. The van der Waals surface area contributed by atoms with Crippen molar-refractivity contribution in [1.29, 1.82) is 0 Å². The van der Waals surface area contributed by atoms with E-state index in [2.05, 4.69) is 0 Å². The van der Waals surface area contributed by atoms with Gasteiger partial charge >= 0.3 is 0 Å². The summed E-state index contributed by atoms with van der Waals surface area (Å²) < 4.78 is 10.7. The minimum absolute atomic E-state index is 0.0640. The van der Waals surface area contributed by atoms with Crippen LogP contribution in [-0.2, 0) is 11.2 Å². The zero-order valence-corrected chi connectivity index (χ0v) is 16.2. The van der Waals surface area contributed by atoms with Crippen molar-refractivity contribution in [2.24, 2.45) is 5.92 Å². The number of methoxy groups -OCH3 is 2. The Morgan fingerprint density at radius 3 is 2.41 bits per heavy atom. The summed E-state index contributed by atoms with van der Waals surface area (Å²) in [5.41, 5.74) is 0.484. The Bertz CT molecular complexity index is 1080. The van der Waals surface area contributed by atoms with Gasteiger partial charge in [-0.25, -0.2) is 0 Å². The van der Waals surface area contributed by atoms with Crippen molar-refractivity contribution < 1.29 is 34.1 Å². The molecule has 0 saturated carbocycles. The molecule has 150 valence electrons. The maximum absolute atomic E-state index is 13.3. The summed E-state index contributed by atoms with van der Waals surface area (Å²) in [6.07, 6.45) is -0.797. The second-order valence-electron chi connectivity index (χ2n) is 7.33. The van der Waals surface area contributed by atoms with Gasteiger partial charge in [0.1, 0.15) is 23.0 Å². The Morgan fingerprint density at radius 1 is 1.07 bits per heavy atom. The Morgan fingerprint density at radius 2 is 1.79 bits per heavy atom. The van der Waals surface area contributed by atoms with Crippen LogP contribution in [-0.4, -0.2) is 41.8 Å². The van der Waals surface area contributed by atoms with Gasteiger partial charge in [0.25, 0.3) is 0 Å². The first-order valence-electron chi connectivity index (χ1n) is 9.22. The molecule has 2 aliphatic carbocycles. The standard InChI is InChI=1S/C22H20O7/c1-9(23)10-7-12-15(13(24)8-10)22(29-3)18-17(20(12)26)21(27)16-11(19(18)25)5-4-6-14(16)28-2/h4-6,10,13,24,26H,7-8H2,1-3H3/t10-,13+/m0/s1. The van der Waals surface area contributed by atoms with Gasteiger partial charge in [0.2, 0.25) is 5.78 Å². The molecule has 0 spiro atoms. The lowest BCUT2D eigenvalue weighted by Crippen LogP contribution is -2.29. The number of hydrogen-bond acceptors (Lipinski definition) is 7. The SMILES string of the molecule is COc1cccc2c1C(=O)c1c(O)c3c(c(OC)c1C2=O)[C@H](O)C[C@@H](C(C)=O)C3. The molecule has 0 bridgehead atoms. The van der Waals surface area contributed by atoms with Crippen LogP contribution >= 0.6 is 0 Å². The van der Waals surface area contributed by atoms with E-state index in [1.165, 1.54) is 27.2 Å². The van der Waals surface area contributed by atoms with E-state index in [-0.39, 0.29) is 63.5 Å². The Hall–Kier alpha value is -3.19. The van der Waals surface area contributed by atoms with Gasteiger partial charge in [-0.1, -0.05) is 12.1 Å². The van der Waals surface area contributed by atoms with Crippen molar-refractivity contribution in [2.45, 2.75) is 25.9 Å². The monoisotopic (exact) mass is 396 g/mol. The van der Waals surface area contributed by atoms with Gasteiger partial charge in [0.05, 0.1) is 37.0 Å². The van der Waals surface area contributed by atoms with Gasteiger partial charge in [0.15, 0.2) is 5.78 Å². The number of carbonyl (C=O) groups is 3. The molecule has 0 unspecified atom stereocenters. The van der Waals surface area contributed by atoms with Crippen LogP contribution in [0.25, 0.3) is 0 Å². The number of phenols is 1. The van der Waals surface area contributed by atoms with Crippen LogP contribution in [0.3, 0.4) is 0 Å². The number of benzene rings is 2. The fourth-order valence-electron chi connectivity index (χ4n) is 4.40. The molecule has 7 nitrogen and oxygen atoms in total. The molecule has 0 aliphatic heterocycles. The Labute approximate surface area is 166 Å². The van der Waals surface area contributed by atoms with E-state index in [0.717, 1.165) is 0 Å². The number of aliphatic hydroxyl groups is 1. The Kier molecular flexibility index (Phi) is 4.42. The number of aliphatic hydroxyl groups excluding tert-OH is 1. The molecule has 29 heavy (non-hydrogen) atoms. The first-order valence-corrected chi connectivity index (χ1v) is 9.22. The summed E-state index contributed by atoms with van der Waals surface area (Å²) in [5.74, 6) is -1.79. The van der Waals surface area contributed by atoms with Gasteiger partial charge in [-0.15, -0.1) is 0 Å². The lowest BCUT2D eigenvalue weighted by molar-refractivity contribution is -0.122. The topological polar surface area (TPSA) is 110 Å². The molecular weight excluding hydrogens is 376 g/mol. The highest BCUT2D eigenvalue weighted by atomic mass is 16.5. The number of ether oxygens (including phenoxy) is 2. The molecule has 0 saturated heterocycles. The van der Waals surface area contributed by atoms with Gasteiger partial charge in [-0.2, -0.15) is 0 Å². The van der Waals surface area contributed by atoms with E-state index in [1.54, 1.807) is 12.1 Å². The number of hydrogen-bond donors (Lipinski definition) is 2. The second-order valence-corrected chi connectivity index (χ2v) is 7.33. The van der Waals surface area contributed by atoms with E-state index < -0.39 is 29.3 Å². The third kappa shape index (κ3) is 2.57. The molecule has 2 aromatic rings. The fourth-order valence-corrected chi connectivity index (χ4v) is 4.40. The average molecular weight is 396 g/mol. The maximum atomic E-state index is 13.3. The van der Waals surface area contributed by atoms with E-state index in [0.29, 0.717) is 0 Å². The predicted octanol–water partition coefficient (Wildman–Crippen LogP) is 2.37. The third-order valence-electron chi connectivity index (χ3n) is 5.81. The van der Waals surface area contributed by atoms with Gasteiger partial charge in [-0.05, 0) is 25.8 Å². The molecule has 0 radical (unpaired) electrons. The van der Waals surface area contributed by atoms with E-state index in [4.69, 9.17) is 9.47 Å². The number of aromatic hydroxyl groups is 1. The zero-order chi connectivity index (χ0) is 21.0. The van der Waals surface area contributed by atoms with Gasteiger partial charge < -0.3 is 19.7 Å². The van der Waals surface area contributed by atoms with Crippen LogP contribution in [0.2, 0.25) is 0 Å². The van der Waals surface area contributed by atoms with Crippen molar-refractivity contribution in [3.05, 3.63) is 51.6 Å². The molecule has 0 amide bonds. The lowest BCUT2D eigenvalue weighted by atomic mass is 9.74. The zero-order valence-electron chi connectivity index (χ0n) is 16.2. The van der Waals surface area contributed by atoms with Crippen molar-refractivity contribution in [2.75, 3.05) is 14.2 Å². The molecule has 0 heterocycles. The van der Waals surface area contributed by atoms with Crippen LogP contribution in [0.1, 0.15) is 62.4 Å². The minimum Gasteiger partial charge on any atom is -0.507 e. The average Bonchev–Trinajstić information content (AvgIpc) is 2.71.